The summed E-state index contributed by atoms with van der Waals surface area (Å²) in [5.41, 5.74) is 0.876. The zero-order valence-electron chi connectivity index (χ0n) is 18.4. The molecule has 5 rings (SSSR count). The minimum Gasteiger partial charge on any atom is -0.336 e. The predicted molar refractivity (Wildman–Crippen MR) is 129 cm³/mol. The van der Waals surface area contributed by atoms with Crippen LogP contribution >= 0.6 is 23.2 Å². The molecule has 4 heterocycles. The van der Waals surface area contributed by atoms with Gasteiger partial charge in [0.15, 0.2) is 0 Å². The van der Waals surface area contributed by atoms with Crippen molar-refractivity contribution >= 4 is 44.6 Å². The third kappa shape index (κ3) is 4.12. The second-order valence-electron chi connectivity index (χ2n) is 7.94. The van der Waals surface area contributed by atoms with Gasteiger partial charge in [0.25, 0.3) is 11.5 Å². The number of carbonyl (C=O) groups excluding carboxylic acids is 1. The second-order valence-corrected chi connectivity index (χ2v) is 10.7. The summed E-state index contributed by atoms with van der Waals surface area (Å²) in [5, 5.41) is 8.92. The molecule has 1 saturated heterocycles. The van der Waals surface area contributed by atoms with Crippen LogP contribution < -0.4 is 5.56 Å². The monoisotopic (exact) mass is 535 g/mol. The lowest BCUT2D eigenvalue weighted by Gasteiger charge is -2.34. The molecule has 1 aliphatic heterocycles. The molecule has 1 fully saturated rings. The van der Waals surface area contributed by atoms with Gasteiger partial charge in [-0.15, -0.1) is 5.10 Å². The van der Waals surface area contributed by atoms with Crippen molar-refractivity contribution in [1.29, 1.82) is 0 Å². The number of sulfonamides is 1. The minimum absolute atomic E-state index is 0.0651. The largest absolute Gasteiger partial charge is 0.336 e. The summed E-state index contributed by atoms with van der Waals surface area (Å²) in [5.74, 6) is -0.125. The first-order valence-corrected chi connectivity index (χ1v) is 12.7. The first-order valence-electron chi connectivity index (χ1n) is 10.5. The smallest absolute Gasteiger partial charge is 0.276 e. The molecule has 4 aromatic rings. The number of nitrogens with one attached hydrogen (secondary N) is 1. The van der Waals surface area contributed by atoms with Gasteiger partial charge in [-0.3, -0.25) is 14.6 Å². The molecule has 1 amide bonds. The maximum absolute atomic E-state index is 13.2. The highest BCUT2D eigenvalue weighted by Gasteiger charge is 2.33. The molecule has 3 aromatic heterocycles. The van der Waals surface area contributed by atoms with E-state index in [0.717, 1.165) is 0 Å². The third-order valence-corrected chi connectivity index (χ3v) is 8.48. The molecular formula is C21H19Cl2N7O4S. The average Bonchev–Trinajstić information content (AvgIpc) is 3.47. The molecule has 0 spiro atoms. The molecule has 11 nitrogen and oxygen atoms in total. The van der Waals surface area contributed by atoms with E-state index >= 15 is 0 Å². The van der Waals surface area contributed by atoms with Crippen LogP contribution in [-0.2, 0) is 10.0 Å². The van der Waals surface area contributed by atoms with E-state index in [4.69, 9.17) is 23.2 Å². The van der Waals surface area contributed by atoms with Gasteiger partial charge in [0.1, 0.15) is 10.4 Å². The van der Waals surface area contributed by atoms with Gasteiger partial charge >= 0.3 is 0 Å². The van der Waals surface area contributed by atoms with E-state index < -0.39 is 10.0 Å². The quantitative estimate of drug-likeness (QED) is 0.425. The highest BCUT2D eigenvalue weighted by Crippen LogP contribution is 2.28. The molecule has 0 aliphatic carbocycles. The number of amides is 1. The van der Waals surface area contributed by atoms with Crippen LogP contribution in [0.25, 0.3) is 11.5 Å². The standard InChI is InChI=1S/C21H19Cl2N7O4S/c1-13-15(12-24-30(13)21-25-19(31)17-3-2-6-29(17)26-21)20(32)27-7-9-28(10-8-27)35(33,34)18-11-14(22)4-5-16(18)23/h2-6,11-12H,7-10H2,1H3,(H,25,26,31). The Kier molecular flexibility index (Phi) is 5.91. The van der Waals surface area contributed by atoms with Gasteiger partial charge < -0.3 is 4.90 Å². The maximum atomic E-state index is 13.2. The SMILES string of the molecule is Cc1c(C(=O)N2CCN(S(=O)(=O)c3cc(Cl)ccc3Cl)CC2)cnn1-c1nn2cccc2c(=O)[nH]1. The number of hydrogen-bond donors (Lipinski definition) is 1. The van der Waals surface area contributed by atoms with E-state index in [1.165, 1.54) is 37.9 Å². The van der Waals surface area contributed by atoms with E-state index in [-0.39, 0.29) is 58.5 Å². The minimum atomic E-state index is -3.87. The van der Waals surface area contributed by atoms with Crippen molar-refractivity contribution < 1.29 is 13.2 Å². The van der Waals surface area contributed by atoms with Gasteiger partial charge in [-0.2, -0.15) is 9.40 Å². The Balaban J connectivity index is 1.34. The van der Waals surface area contributed by atoms with Gasteiger partial charge in [0.2, 0.25) is 16.0 Å². The highest BCUT2D eigenvalue weighted by atomic mass is 35.5. The molecular weight excluding hydrogens is 517 g/mol. The van der Waals surface area contributed by atoms with Crippen LogP contribution in [0.4, 0.5) is 0 Å². The molecule has 182 valence electrons. The number of aromatic amines is 1. The zero-order valence-corrected chi connectivity index (χ0v) is 20.7. The van der Waals surface area contributed by atoms with Crippen LogP contribution in [0.1, 0.15) is 16.1 Å². The van der Waals surface area contributed by atoms with E-state index in [1.54, 1.807) is 30.2 Å². The molecule has 35 heavy (non-hydrogen) atoms. The Morgan fingerprint density at radius 1 is 1.11 bits per heavy atom. The predicted octanol–water partition coefficient (Wildman–Crippen LogP) is 1.97. The number of nitrogens with zero attached hydrogens (tertiary/aromatic N) is 6. The lowest BCUT2D eigenvalue weighted by molar-refractivity contribution is 0.0697. The van der Waals surface area contributed by atoms with Crippen LogP contribution in [0.3, 0.4) is 0 Å². The van der Waals surface area contributed by atoms with Crippen LogP contribution in [-0.4, -0.2) is 74.1 Å². The van der Waals surface area contributed by atoms with Crippen molar-refractivity contribution in [2.24, 2.45) is 0 Å². The lowest BCUT2D eigenvalue weighted by atomic mass is 10.2. The maximum Gasteiger partial charge on any atom is 0.276 e. The van der Waals surface area contributed by atoms with Gasteiger partial charge in [-0.25, -0.2) is 17.6 Å². The first-order chi connectivity index (χ1) is 16.7. The summed E-state index contributed by atoms with van der Waals surface area (Å²) in [6.45, 7) is 2.27. The fourth-order valence-electron chi connectivity index (χ4n) is 3.98. The Morgan fingerprint density at radius 3 is 2.60 bits per heavy atom. The van der Waals surface area contributed by atoms with Gasteiger partial charge in [-0.05, 0) is 37.3 Å². The molecule has 0 atom stereocenters. The van der Waals surface area contributed by atoms with Crippen molar-refractivity contribution in [2.45, 2.75) is 11.8 Å². The van der Waals surface area contributed by atoms with E-state index in [1.807, 2.05) is 0 Å². The number of aromatic nitrogens is 5. The van der Waals surface area contributed by atoms with E-state index in [9.17, 15) is 18.0 Å². The summed E-state index contributed by atoms with van der Waals surface area (Å²) < 4.78 is 30.2. The summed E-state index contributed by atoms with van der Waals surface area (Å²) in [6, 6.07) is 7.61. The van der Waals surface area contributed by atoms with Crippen molar-refractivity contribution in [2.75, 3.05) is 26.2 Å². The number of fused-ring (bicyclic) bond motifs is 1. The Hall–Kier alpha value is -3.19. The van der Waals surface area contributed by atoms with Gasteiger partial charge in [0, 0.05) is 37.4 Å². The van der Waals surface area contributed by atoms with Crippen LogP contribution in [0.5, 0.6) is 0 Å². The molecule has 14 heteroatoms. The number of benzene rings is 1. The van der Waals surface area contributed by atoms with Crippen LogP contribution in [0.15, 0.2) is 52.4 Å². The van der Waals surface area contributed by atoms with Crippen molar-refractivity contribution in [3.8, 4) is 5.95 Å². The van der Waals surface area contributed by atoms with Crippen LogP contribution in [0, 0.1) is 6.92 Å². The Bertz CT molecular complexity index is 1620. The number of rotatable bonds is 4. The number of carbonyl (C=O) groups is 1. The molecule has 1 N–H and O–H groups in total. The lowest BCUT2D eigenvalue weighted by Crippen LogP contribution is -2.50. The average molecular weight is 536 g/mol. The number of halogens is 2. The van der Waals surface area contributed by atoms with E-state index in [0.29, 0.717) is 16.8 Å². The third-order valence-electron chi connectivity index (χ3n) is 5.87. The zero-order chi connectivity index (χ0) is 24.9. The summed E-state index contributed by atoms with van der Waals surface area (Å²) in [6.07, 6.45) is 3.05. The Labute approximate surface area is 209 Å². The van der Waals surface area contributed by atoms with Crippen molar-refractivity contribution in [1.82, 2.24) is 33.6 Å². The van der Waals surface area contributed by atoms with E-state index in [2.05, 4.69) is 15.2 Å². The fourth-order valence-corrected chi connectivity index (χ4v) is 6.14. The summed E-state index contributed by atoms with van der Waals surface area (Å²) in [7, 11) is -3.87. The molecule has 1 aromatic carbocycles. The highest BCUT2D eigenvalue weighted by molar-refractivity contribution is 7.89. The molecule has 0 unspecified atom stereocenters. The summed E-state index contributed by atoms with van der Waals surface area (Å²) >= 11 is 12.1. The second kappa shape index (κ2) is 8.79. The molecule has 0 radical (unpaired) electrons. The van der Waals surface area contributed by atoms with Gasteiger partial charge in [-0.1, -0.05) is 23.2 Å². The normalized spacial score (nSPS) is 15.1. The van der Waals surface area contributed by atoms with Crippen molar-refractivity contribution in [3.05, 3.63) is 74.4 Å². The first kappa shape index (κ1) is 23.5. The molecule has 0 bridgehead atoms. The Morgan fingerprint density at radius 2 is 1.86 bits per heavy atom. The molecule has 1 aliphatic rings. The molecule has 0 saturated carbocycles. The number of H-pyrrole nitrogens is 1. The fraction of sp³-hybridized carbons (Fsp3) is 0.238. The van der Waals surface area contributed by atoms with Crippen molar-refractivity contribution in [3.63, 3.8) is 0 Å². The topological polar surface area (TPSA) is 126 Å². The van der Waals surface area contributed by atoms with Gasteiger partial charge in [0.05, 0.1) is 22.5 Å². The number of piperazine rings is 1. The number of hydrogen-bond acceptors (Lipinski definition) is 6. The van der Waals surface area contributed by atoms with Crippen LogP contribution in [0.2, 0.25) is 10.0 Å². The summed E-state index contributed by atoms with van der Waals surface area (Å²) in [4.78, 5) is 29.6.